The van der Waals surface area contributed by atoms with E-state index in [-0.39, 0.29) is 24.2 Å². The van der Waals surface area contributed by atoms with E-state index in [1.54, 1.807) is 0 Å². The molecule has 0 bridgehead atoms. The quantitative estimate of drug-likeness (QED) is 0.754. The Morgan fingerprint density at radius 3 is 2.69 bits per heavy atom. The van der Waals surface area contributed by atoms with Gasteiger partial charge in [-0.1, -0.05) is 13.3 Å². The largest absolute Gasteiger partial charge is 0.310 e. The Bertz CT molecular complexity index is 287. The molecule has 7 heteroatoms. The van der Waals surface area contributed by atoms with Gasteiger partial charge in [0.05, 0.1) is 5.75 Å². The molecule has 98 valence electrons. The van der Waals surface area contributed by atoms with Crippen molar-refractivity contribution in [3.8, 4) is 0 Å². The number of unbranched alkanes of at least 4 members (excludes halogenated alkanes) is 1. The molecule has 0 amide bonds. The summed E-state index contributed by atoms with van der Waals surface area (Å²) in [5.41, 5.74) is 0. The van der Waals surface area contributed by atoms with E-state index in [9.17, 15) is 12.8 Å². The SMILES string of the molecule is CCCCS(=O)(=O)NC[C@@H]1C[C@H](F)CN1.Cl. The second-order valence-electron chi connectivity index (χ2n) is 3.96. The number of alkyl halides is 1. The lowest BCUT2D eigenvalue weighted by atomic mass is 10.2. The highest BCUT2D eigenvalue weighted by atomic mass is 35.5. The highest BCUT2D eigenvalue weighted by molar-refractivity contribution is 7.89. The maximum absolute atomic E-state index is 12.8. The highest BCUT2D eigenvalue weighted by Gasteiger charge is 2.24. The molecule has 16 heavy (non-hydrogen) atoms. The van der Waals surface area contributed by atoms with E-state index >= 15 is 0 Å². The first kappa shape index (κ1) is 16.1. The third-order valence-corrected chi connectivity index (χ3v) is 3.92. The zero-order valence-electron chi connectivity index (χ0n) is 9.41. The molecular formula is C9H20ClFN2O2S. The molecule has 1 aliphatic heterocycles. The van der Waals surface area contributed by atoms with Crippen LogP contribution in [-0.4, -0.2) is 39.5 Å². The van der Waals surface area contributed by atoms with Crippen LogP contribution in [0.25, 0.3) is 0 Å². The Kier molecular flexibility index (Phi) is 7.46. The second kappa shape index (κ2) is 7.42. The zero-order valence-corrected chi connectivity index (χ0v) is 11.0. The van der Waals surface area contributed by atoms with Gasteiger partial charge in [-0.15, -0.1) is 12.4 Å². The fourth-order valence-electron chi connectivity index (χ4n) is 1.56. The minimum Gasteiger partial charge on any atom is -0.310 e. The first-order valence-corrected chi connectivity index (χ1v) is 7.03. The van der Waals surface area contributed by atoms with Crippen LogP contribution in [-0.2, 0) is 10.0 Å². The van der Waals surface area contributed by atoms with Gasteiger partial charge in [0.2, 0.25) is 10.0 Å². The summed E-state index contributed by atoms with van der Waals surface area (Å²) in [5, 5.41) is 2.93. The summed E-state index contributed by atoms with van der Waals surface area (Å²) in [6.07, 6.45) is 1.08. The molecule has 2 N–H and O–H groups in total. The van der Waals surface area contributed by atoms with Crippen LogP contribution in [0, 0.1) is 0 Å². The summed E-state index contributed by atoms with van der Waals surface area (Å²) in [6, 6.07) is -0.0589. The molecule has 2 atom stereocenters. The predicted molar refractivity (Wildman–Crippen MR) is 65.2 cm³/mol. The van der Waals surface area contributed by atoms with Crippen LogP contribution in [0.4, 0.5) is 4.39 Å². The van der Waals surface area contributed by atoms with E-state index in [0.29, 0.717) is 25.9 Å². The molecule has 1 rings (SSSR count). The Labute approximate surface area is 103 Å². The van der Waals surface area contributed by atoms with Crippen LogP contribution in [0.1, 0.15) is 26.2 Å². The Morgan fingerprint density at radius 2 is 2.19 bits per heavy atom. The van der Waals surface area contributed by atoms with Gasteiger partial charge in [-0.2, -0.15) is 0 Å². The van der Waals surface area contributed by atoms with E-state index in [1.165, 1.54) is 0 Å². The molecule has 0 aliphatic carbocycles. The summed E-state index contributed by atoms with van der Waals surface area (Å²) in [4.78, 5) is 0. The van der Waals surface area contributed by atoms with Crippen molar-refractivity contribution < 1.29 is 12.8 Å². The molecule has 0 aromatic heterocycles. The molecule has 0 unspecified atom stereocenters. The second-order valence-corrected chi connectivity index (χ2v) is 5.89. The predicted octanol–water partition coefficient (Wildman–Crippen LogP) is 0.828. The maximum Gasteiger partial charge on any atom is 0.211 e. The van der Waals surface area contributed by atoms with Gasteiger partial charge in [0.25, 0.3) is 0 Å². The smallest absolute Gasteiger partial charge is 0.211 e. The lowest BCUT2D eigenvalue weighted by Gasteiger charge is -2.11. The molecule has 1 heterocycles. The summed E-state index contributed by atoms with van der Waals surface area (Å²) in [5.74, 6) is 0.162. The van der Waals surface area contributed by atoms with Gasteiger partial charge in [-0.05, 0) is 12.8 Å². The Morgan fingerprint density at radius 1 is 1.50 bits per heavy atom. The molecule has 1 fully saturated rings. The molecule has 0 spiro atoms. The molecule has 0 aromatic carbocycles. The van der Waals surface area contributed by atoms with Crippen LogP contribution in [0.5, 0.6) is 0 Å². The normalized spacial score (nSPS) is 25.4. The van der Waals surface area contributed by atoms with E-state index in [4.69, 9.17) is 0 Å². The number of rotatable bonds is 6. The lowest BCUT2D eigenvalue weighted by Crippen LogP contribution is -2.38. The lowest BCUT2D eigenvalue weighted by molar-refractivity contribution is 0.355. The van der Waals surface area contributed by atoms with E-state index in [2.05, 4.69) is 10.0 Å². The van der Waals surface area contributed by atoms with Gasteiger partial charge < -0.3 is 5.32 Å². The van der Waals surface area contributed by atoms with Gasteiger partial charge in [0.1, 0.15) is 6.17 Å². The number of hydrogen-bond donors (Lipinski definition) is 2. The van der Waals surface area contributed by atoms with Gasteiger partial charge in [0, 0.05) is 19.1 Å². The van der Waals surface area contributed by atoms with Crippen molar-refractivity contribution in [3.05, 3.63) is 0 Å². The van der Waals surface area contributed by atoms with Crippen molar-refractivity contribution in [2.75, 3.05) is 18.8 Å². The standard InChI is InChI=1S/C9H19FN2O2S.ClH/c1-2-3-4-15(13,14)12-7-9-5-8(10)6-11-9;/h8-9,11-12H,2-7H2,1H3;1H/t8-,9-;/m0./s1. The summed E-state index contributed by atoms with van der Waals surface area (Å²) in [6.45, 7) is 2.58. The van der Waals surface area contributed by atoms with Crippen LogP contribution in [0.2, 0.25) is 0 Å². The minimum absolute atomic E-state index is 0. The first-order valence-electron chi connectivity index (χ1n) is 5.38. The topological polar surface area (TPSA) is 58.2 Å². The molecule has 4 nitrogen and oxygen atoms in total. The number of sulfonamides is 1. The van der Waals surface area contributed by atoms with Crippen molar-refractivity contribution in [1.82, 2.24) is 10.0 Å². The van der Waals surface area contributed by atoms with Crippen molar-refractivity contribution in [1.29, 1.82) is 0 Å². The molecule has 1 saturated heterocycles. The van der Waals surface area contributed by atoms with Gasteiger partial charge in [-0.3, -0.25) is 0 Å². The number of hydrogen-bond acceptors (Lipinski definition) is 3. The summed E-state index contributed by atoms with van der Waals surface area (Å²) < 4.78 is 38.0. The minimum atomic E-state index is -3.16. The fourth-order valence-corrected chi connectivity index (χ4v) is 2.83. The highest BCUT2D eigenvalue weighted by Crippen LogP contribution is 2.09. The number of nitrogens with one attached hydrogen (secondary N) is 2. The monoisotopic (exact) mass is 274 g/mol. The van der Waals surface area contributed by atoms with Crippen LogP contribution < -0.4 is 10.0 Å². The Balaban J connectivity index is 0.00000225. The molecule has 0 saturated carbocycles. The average Bonchev–Trinajstić information content (AvgIpc) is 2.59. The maximum atomic E-state index is 12.8. The van der Waals surface area contributed by atoms with Gasteiger partial charge in [0.15, 0.2) is 0 Å². The van der Waals surface area contributed by atoms with Gasteiger partial charge in [-0.25, -0.2) is 17.5 Å². The van der Waals surface area contributed by atoms with Crippen LogP contribution in [0.3, 0.4) is 0 Å². The molecule has 0 aromatic rings. The third kappa shape index (κ3) is 5.98. The zero-order chi connectivity index (χ0) is 11.3. The number of halogens is 2. The van der Waals surface area contributed by atoms with Crippen molar-refractivity contribution >= 4 is 22.4 Å². The van der Waals surface area contributed by atoms with Crippen molar-refractivity contribution in [2.45, 2.75) is 38.4 Å². The van der Waals surface area contributed by atoms with E-state index in [0.717, 1.165) is 6.42 Å². The third-order valence-electron chi connectivity index (χ3n) is 2.48. The Hall–Kier alpha value is 0.0900. The first-order chi connectivity index (χ1) is 7.03. The van der Waals surface area contributed by atoms with E-state index in [1.807, 2.05) is 6.92 Å². The van der Waals surface area contributed by atoms with Gasteiger partial charge >= 0.3 is 0 Å². The molecular weight excluding hydrogens is 255 g/mol. The van der Waals surface area contributed by atoms with Crippen LogP contribution in [0.15, 0.2) is 0 Å². The summed E-state index contributed by atoms with van der Waals surface area (Å²) >= 11 is 0. The molecule has 0 radical (unpaired) electrons. The summed E-state index contributed by atoms with van der Waals surface area (Å²) in [7, 11) is -3.16. The average molecular weight is 275 g/mol. The van der Waals surface area contributed by atoms with Crippen molar-refractivity contribution in [2.24, 2.45) is 0 Å². The molecule has 1 aliphatic rings. The van der Waals surface area contributed by atoms with E-state index < -0.39 is 16.2 Å². The van der Waals surface area contributed by atoms with Crippen molar-refractivity contribution in [3.63, 3.8) is 0 Å². The fraction of sp³-hybridized carbons (Fsp3) is 1.00. The van der Waals surface area contributed by atoms with Crippen LogP contribution >= 0.6 is 12.4 Å².